The molecule has 2 aromatic rings. The summed E-state index contributed by atoms with van der Waals surface area (Å²) in [5.41, 5.74) is 5.77. The molecular weight excluding hydrogens is 250 g/mol. The Labute approximate surface area is 108 Å². The van der Waals surface area contributed by atoms with Crippen molar-refractivity contribution in [3.05, 3.63) is 16.7 Å². The third-order valence-corrected chi connectivity index (χ3v) is 3.00. The van der Waals surface area contributed by atoms with E-state index < -0.39 is 0 Å². The number of aromatic nitrogens is 4. The van der Waals surface area contributed by atoms with Gasteiger partial charge in [-0.15, -0.1) is 0 Å². The van der Waals surface area contributed by atoms with Crippen molar-refractivity contribution in [3.63, 3.8) is 0 Å². The number of nitrogen functional groups attached to an aromatic ring is 1. The van der Waals surface area contributed by atoms with Gasteiger partial charge in [-0.05, 0) is 19.3 Å². The summed E-state index contributed by atoms with van der Waals surface area (Å²) in [5, 5.41) is 18.0. The summed E-state index contributed by atoms with van der Waals surface area (Å²) in [5.74, 6) is 0.0316. The lowest BCUT2D eigenvalue weighted by molar-refractivity contribution is 0.234. The Kier molecular flexibility index (Phi) is 4.13. The second kappa shape index (κ2) is 5.81. The zero-order valence-electron chi connectivity index (χ0n) is 10.4. The first-order chi connectivity index (χ1) is 9.17. The maximum absolute atomic E-state index is 11.7. The zero-order valence-corrected chi connectivity index (χ0v) is 10.4. The van der Waals surface area contributed by atoms with Crippen molar-refractivity contribution in [2.24, 2.45) is 0 Å². The number of imidazole rings is 1. The summed E-state index contributed by atoms with van der Waals surface area (Å²) in [6.45, 7) is 0.0825. The van der Waals surface area contributed by atoms with Crippen LogP contribution in [0.15, 0.2) is 11.1 Å². The van der Waals surface area contributed by atoms with Crippen LogP contribution in [0.3, 0.4) is 0 Å². The van der Waals surface area contributed by atoms with E-state index in [-0.39, 0.29) is 36.3 Å². The minimum atomic E-state index is -0.383. The molecule has 0 bridgehead atoms. The van der Waals surface area contributed by atoms with E-state index in [9.17, 15) is 4.79 Å². The molecule has 2 heterocycles. The molecule has 8 nitrogen and oxygen atoms in total. The highest BCUT2D eigenvalue weighted by molar-refractivity contribution is 5.70. The monoisotopic (exact) mass is 267 g/mol. The predicted octanol–water partition coefficient (Wildman–Crippen LogP) is -0.602. The van der Waals surface area contributed by atoms with E-state index in [1.54, 1.807) is 4.57 Å². The van der Waals surface area contributed by atoms with Gasteiger partial charge in [-0.2, -0.15) is 4.98 Å². The van der Waals surface area contributed by atoms with Crippen LogP contribution in [0.2, 0.25) is 0 Å². The predicted molar refractivity (Wildman–Crippen MR) is 69.6 cm³/mol. The molecule has 0 aliphatic rings. The molecule has 1 unspecified atom stereocenters. The van der Waals surface area contributed by atoms with Crippen LogP contribution >= 0.6 is 0 Å². The van der Waals surface area contributed by atoms with Crippen molar-refractivity contribution < 1.29 is 10.2 Å². The van der Waals surface area contributed by atoms with E-state index in [4.69, 9.17) is 15.9 Å². The SMILES string of the molecule is Nc1nc2c(ncn2C(CCO)CCCO)c(=O)[nH]1. The smallest absolute Gasteiger partial charge is 0.280 e. The molecule has 0 aromatic carbocycles. The van der Waals surface area contributed by atoms with Crippen LogP contribution < -0.4 is 11.3 Å². The van der Waals surface area contributed by atoms with E-state index >= 15 is 0 Å². The average molecular weight is 267 g/mol. The Bertz CT molecular complexity index is 606. The first-order valence-corrected chi connectivity index (χ1v) is 6.11. The van der Waals surface area contributed by atoms with Gasteiger partial charge in [-0.1, -0.05) is 0 Å². The third-order valence-electron chi connectivity index (χ3n) is 3.00. The van der Waals surface area contributed by atoms with Crippen molar-refractivity contribution in [1.82, 2.24) is 19.5 Å². The fourth-order valence-corrected chi connectivity index (χ4v) is 2.11. The van der Waals surface area contributed by atoms with Gasteiger partial charge in [0.1, 0.15) is 0 Å². The lowest BCUT2D eigenvalue weighted by Crippen LogP contribution is -2.15. The third kappa shape index (κ3) is 2.74. The number of nitrogens with two attached hydrogens (primary N) is 1. The summed E-state index contributed by atoms with van der Waals surface area (Å²) < 4.78 is 1.73. The van der Waals surface area contributed by atoms with Crippen LogP contribution in [-0.2, 0) is 0 Å². The first-order valence-electron chi connectivity index (χ1n) is 6.11. The van der Waals surface area contributed by atoms with E-state index in [2.05, 4.69) is 15.0 Å². The Morgan fingerprint density at radius 3 is 2.84 bits per heavy atom. The molecule has 0 aliphatic heterocycles. The quantitative estimate of drug-likeness (QED) is 0.552. The van der Waals surface area contributed by atoms with Crippen molar-refractivity contribution >= 4 is 17.1 Å². The van der Waals surface area contributed by atoms with Gasteiger partial charge in [-0.3, -0.25) is 9.78 Å². The molecule has 2 aromatic heterocycles. The standard InChI is InChI=1S/C11H17N5O3/c12-11-14-9-8(10(19)15-11)13-6-16(9)7(3-5-18)2-1-4-17/h6-7,17-18H,1-5H2,(H3,12,14,15,19). The van der Waals surface area contributed by atoms with Crippen LogP contribution in [0.1, 0.15) is 25.3 Å². The lowest BCUT2D eigenvalue weighted by Gasteiger charge is -2.17. The molecule has 0 radical (unpaired) electrons. The van der Waals surface area contributed by atoms with Crippen LogP contribution in [0.4, 0.5) is 5.95 Å². The van der Waals surface area contributed by atoms with E-state index in [0.29, 0.717) is 24.9 Å². The van der Waals surface area contributed by atoms with Gasteiger partial charge in [0, 0.05) is 19.3 Å². The Balaban J connectivity index is 2.44. The second-order valence-electron chi connectivity index (χ2n) is 4.31. The largest absolute Gasteiger partial charge is 0.396 e. The van der Waals surface area contributed by atoms with E-state index in [0.717, 1.165) is 0 Å². The summed E-state index contributed by atoms with van der Waals surface area (Å²) in [7, 11) is 0. The highest BCUT2D eigenvalue weighted by Crippen LogP contribution is 2.21. The zero-order chi connectivity index (χ0) is 13.8. The van der Waals surface area contributed by atoms with Crippen molar-refractivity contribution in [2.75, 3.05) is 18.9 Å². The molecular formula is C11H17N5O3. The molecule has 2 rings (SSSR count). The second-order valence-corrected chi connectivity index (χ2v) is 4.31. The van der Waals surface area contributed by atoms with E-state index in [1.165, 1.54) is 6.33 Å². The molecule has 8 heteroatoms. The molecule has 0 amide bonds. The summed E-state index contributed by atoms with van der Waals surface area (Å²) in [4.78, 5) is 22.2. The molecule has 0 aliphatic carbocycles. The number of aliphatic hydroxyl groups is 2. The van der Waals surface area contributed by atoms with Gasteiger partial charge >= 0.3 is 0 Å². The Hall–Kier alpha value is -1.93. The average Bonchev–Trinajstić information content (AvgIpc) is 2.78. The molecule has 1 atom stereocenters. The minimum Gasteiger partial charge on any atom is -0.396 e. The highest BCUT2D eigenvalue weighted by Gasteiger charge is 2.16. The van der Waals surface area contributed by atoms with E-state index in [1.807, 2.05) is 0 Å². The number of hydrogen-bond donors (Lipinski definition) is 4. The number of H-pyrrole nitrogens is 1. The summed E-state index contributed by atoms with van der Waals surface area (Å²) in [6.07, 6.45) is 3.28. The van der Waals surface area contributed by atoms with Gasteiger partial charge in [0.25, 0.3) is 5.56 Å². The van der Waals surface area contributed by atoms with Gasteiger partial charge in [0.05, 0.1) is 6.33 Å². The number of hydrogen-bond acceptors (Lipinski definition) is 6. The molecule has 0 fully saturated rings. The van der Waals surface area contributed by atoms with Crippen LogP contribution in [0.5, 0.6) is 0 Å². The van der Waals surface area contributed by atoms with Crippen LogP contribution in [0, 0.1) is 0 Å². The maximum atomic E-state index is 11.7. The van der Waals surface area contributed by atoms with Crippen molar-refractivity contribution in [1.29, 1.82) is 0 Å². The lowest BCUT2D eigenvalue weighted by atomic mass is 10.1. The number of aliphatic hydroxyl groups excluding tert-OH is 2. The highest BCUT2D eigenvalue weighted by atomic mass is 16.3. The number of anilines is 1. The van der Waals surface area contributed by atoms with Gasteiger partial charge < -0.3 is 20.5 Å². The normalized spacial score (nSPS) is 12.9. The molecule has 104 valence electrons. The molecule has 0 spiro atoms. The van der Waals surface area contributed by atoms with Crippen molar-refractivity contribution in [2.45, 2.75) is 25.3 Å². The number of nitrogens with one attached hydrogen (secondary N) is 1. The van der Waals surface area contributed by atoms with Crippen molar-refractivity contribution in [3.8, 4) is 0 Å². The topological polar surface area (TPSA) is 130 Å². The minimum absolute atomic E-state index is 0.00837. The molecule has 0 saturated heterocycles. The maximum Gasteiger partial charge on any atom is 0.280 e. The number of fused-ring (bicyclic) bond motifs is 1. The fraction of sp³-hybridized carbons (Fsp3) is 0.545. The number of aromatic amines is 1. The fourth-order valence-electron chi connectivity index (χ4n) is 2.11. The number of nitrogens with zero attached hydrogens (tertiary/aromatic N) is 3. The first kappa shape index (κ1) is 13.5. The Morgan fingerprint density at radius 1 is 1.37 bits per heavy atom. The van der Waals surface area contributed by atoms with Gasteiger partial charge in [0.2, 0.25) is 5.95 Å². The molecule has 0 saturated carbocycles. The van der Waals surface area contributed by atoms with Gasteiger partial charge in [-0.25, -0.2) is 4.98 Å². The summed E-state index contributed by atoms with van der Waals surface area (Å²) in [6, 6.07) is -0.0733. The van der Waals surface area contributed by atoms with Gasteiger partial charge in [0.15, 0.2) is 11.2 Å². The van der Waals surface area contributed by atoms with Crippen LogP contribution in [-0.4, -0.2) is 42.9 Å². The van der Waals surface area contributed by atoms with Crippen LogP contribution in [0.25, 0.3) is 11.2 Å². The molecule has 19 heavy (non-hydrogen) atoms. The Morgan fingerprint density at radius 2 is 2.16 bits per heavy atom. The molecule has 5 N–H and O–H groups in total. The summed E-state index contributed by atoms with van der Waals surface area (Å²) >= 11 is 0. The number of rotatable bonds is 6.